The van der Waals surface area contributed by atoms with E-state index in [0.29, 0.717) is 13.1 Å². The summed E-state index contributed by atoms with van der Waals surface area (Å²) in [6.45, 7) is 5.11. The molecule has 2 aromatic carbocycles. The SMILES string of the molecule is COc1ccc(CN(C)CC(=O)Nc2ccc(C)cc2C)cc1. The molecule has 2 aromatic rings. The summed E-state index contributed by atoms with van der Waals surface area (Å²) < 4.78 is 5.15. The first-order valence-corrected chi connectivity index (χ1v) is 7.66. The molecule has 4 nitrogen and oxygen atoms in total. The van der Waals surface area contributed by atoms with Crippen LogP contribution < -0.4 is 10.1 Å². The number of aryl methyl sites for hydroxylation is 2. The van der Waals surface area contributed by atoms with Gasteiger partial charge in [-0.3, -0.25) is 9.69 Å². The van der Waals surface area contributed by atoms with Crippen molar-refractivity contribution in [2.75, 3.05) is 26.0 Å². The standard InChI is InChI=1S/C19H24N2O2/c1-14-5-10-18(15(2)11-14)20-19(22)13-21(3)12-16-6-8-17(23-4)9-7-16/h5-11H,12-13H2,1-4H3,(H,20,22). The average molecular weight is 312 g/mol. The lowest BCUT2D eigenvalue weighted by Gasteiger charge is -2.17. The van der Waals surface area contributed by atoms with Gasteiger partial charge in [0.25, 0.3) is 0 Å². The van der Waals surface area contributed by atoms with Crippen molar-refractivity contribution in [1.82, 2.24) is 4.90 Å². The van der Waals surface area contributed by atoms with Crippen molar-refractivity contribution in [3.63, 3.8) is 0 Å². The van der Waals surface area contributed by atoms with E-state index in [0.717, 1.165) is 22.6 Å². The number of amides is 1. The number of ether oxygens (including phenoxy) is 1. The van der Waals surface area contributed by atoms with Crippen molar-refractivity contribution in [2.45, 2.75) is 20.4 Å². The molecule has 1 N–H and O–H groups in total. The second kappa shape index (κ2) is 7.79. The van der Waals surface area contributed by atoms with E-state index in [4.69, 9.17) is 4.74 Å². The van der Waals surface area contributed by atoms with Crippen molar-refractivity contribution in [3.8, 4) is 5.75 Å². The first-order valence-electron chi connectivity index (χ1n) is 7.66. The Labute approximate surface area is 138 Å². The van der Waals surface area contributed by atoms with Crippen LogP contribution in [0.2, 0.25) is 0 Å². The Bertz CT molecular complexity index is 666. The number of nitrogens with one attached hydrogen (secondary N) is 1. The summed E-state index contributed by atoms with van der Waals surface area (Å²) in [4.78, 5) is 14.2. The fraction of sp³-hybridized carbons (Fsp3) is 0.316. The molecule has 2 rings (SSSR count). The molecule has 0 bridgehead atoms. The van der Waals surface area contributed by atoms with Crippen LogP contribution in [0.1, 0.15) is 16.7 Å². The van der Waals surface area contributed by atoms with E-state index >= 15 is 0 Å². The van der Waals surface area contributed by atoms with Crippen molar-refractivity contribution in [3.05, 3.63) is 59.2 Å². The number of hydrogen-bond donors (Lipinski definition) is 1. The number of rotatable bonds is 6. The molecule has 0 fully saturated rings. The lowest BCUT2D eigenvalue weighted by molar-refractivity contribution is -0.117. The van der Waals surface area contributed by atoms with Gasteiger partial charge in [-0.1, -0.05) is 29.8 Å². The van der Waals surface area contributed by atoms with E-state index in [2.05, 4.69) is 11.4 Å². The predicted molar refractivity (Wildman–Crippen MR) is 93.9 cm³/mol. The van der Waals surface area contributed by atoms with Crippen LogP contribution in [0.3, 0.4) is 0 Å². The van der Waals surface area contributed by atoms with Crippen molar-refractivity contribution in [1.29, 1.82) is 0 Å². The summed E-state index contributed by atoms with van der Waals surface area (Å²) >= 11 is 0. The summed E-state index contributed by atoms with van der Waals surface area (Å²) in [5.41, 5.74) is 4.29. The Morgan fingerprint density at radius 2 is 1.83 bits per heavy atom. The number of benzene rings is 2. The largest absolute Gasteiger partial charge is 0.497 e. The lowest BCUT2D eigenvalue weighted by atomic mass is 10.1. The second-order valence-corrected chi connectivity index (χ2v) is 5.89. The van der Waals surface area contributed by atoms with E-state index in [1.807, 2.05) is 62.2 Å². The topological polar surface area (TPSA) is 41.6 Å². The van der Waals surface area contributed by atoms with Crippen LogP contribution in [0.5, 0.6) is 5.75 Å². The van der Waals surface area contributed by atoms with E-state index in [-0.39, 0.29) is 5.91 Å². The molecule has 0 aromatic heterocycles. The molecule has 0 saturated carbocycles. The van der Waals surface area contributed by atoms with E-state index < -0.39 is 0 Å². The Kier molecular flexibility index (Phi) is 5.77. The van der Waals surface area contributed by atoms with E-state index in [1.54, 1.807) is 7.11 Å². The molecule has 0 saturated heterocycles. The first-order chi connectivity index (χ1) is 11.0. The predicted octanol–water partition coefficient (Wildman–Crippen LogP) is 3.38. The van der Waals surface area contributed by atoms with Gasteiger partial charge in [0.1, 0.15) is 5.75 Å². The summed E-state index contributed by atoms with van der Waals surface area (Å²) in [5, 5.41) is 2.97. The fourth-order valence-electron chi connectivity index (χ4n) is 2.49. The smallest absolute Gasteiger partial charge is 0.238 e. The summed E-state index contributed by atoms with van der Waals surface area (Å²) in [7, 11) is 3.59. The molecule has 0 aliphatic heterocycles. The van der Waals surface area contributed by atoms with Crippen LogP contribution in [-0.4, -0.2) is 31.5 Å². The van der Waals surface area contributed by atoms with Crippen LogP contribution in [0.25, 0.3) is 0 Å². The van der Waals surface area contributed by atoms with Crippen LogP contribution in [-0.2, 0) is 11.3 Å². The Hall–Kier alpha value is -2.33. The molecule has 0 atom stereocenters. The molecule has 0 unspecified atom stereocenters. The lowest BCUT2D eigenvalue weighted by Crippen LogP contribution is -2.30. The van der Waals surface area contributed by atoms with Gasteiger partial charge in [0, 0.05) is 12.2 Å². The molecule has 0 spiro atoms. The summed E-state index contributed by atoms with van der Waals surface area (Å²) in [6, 6.07) is 13.9. The average Bonchev–Trinajstić information content (AvgIpc) is 2.50. The number of nitrogens with zero attached hydrogens (tertiary/aromatic N) is 1. The molecule has 4 heteroatoms. The molecular weight excluding hydrogens is 288 g/mol. The number of carbonyl (C=O) groups is 1. The van der Waals surface area contributed by atoms with Gasteiger partial charge in [-0.25, -0.2) is 0 Å². The third-order valence-corrected chi connectivity index (χ3v) is 3.68. The maximum absolute atomic E-state index is 12.2. The normalized spacial score (nSPS) is 10.7. The van der Waals surface area contributed by atoms with Gasteiger partial charge >= 0.3 is 0 Å². The summed E-state index contributed by atoms with van der Waals surface area (Å²) in [6.07, 6.45) is 0. The van der Waals surface area contributed by atoms with E-state index in [9.17, 15) is 4.79 Å². The number of carbonyl (C=O) groups excluding carboxylic acids is 1. The maximum atomic E-state index is 12.2. The van der Waals surface area contributed by atoms with Crippen LogP contribution in [0.15, 0.2) is 42.5 Å². The van der Waals surface area contributed by atoms with E-state index in [1.165, 1.54) is 5.56 Å². The fourth-order valence-corrected chi connectivity index (χ4v) is 2.49. The number of likely N-dealkylation sites (N-methyl/N-ethyl adjacent to an activating group) is 1. The first kappa shape index (κ1) is 17.0. The number of anilines is 1. The van der Waals surface area contributed by atoms with Crippen molar-refractivity contribution < 1.29 is 9.53 Å². The molecule has 122 valence electrons. The molecule has 0 aliphatic rings. The molecule has 1 amide bonds. The number of hydrogen-bond acceptors (Lipinski definition) is 3. The highest BCUT2D eigenvalue weighted by atomic mass is 16.5. The highest BCUT2D eigenvalue weighted by Gasteiger charge is 2.09. The Morgan fingerprint density at radius 3 is 2.43 bits per heavy atom. The zero-order chi connectivity index (χ0) is 16.8. The van der Waals surface area contributed by atoms with Gasteiger partial charge in [-0.15, -0.1) is 0 Å². The van der Waals surface area contributed by atoms with Crippen LogP contribution >= 0.6 is 0 Å². The molecular formula is C19H24N2O2. The van der Waals surface area contributed by atoms with Gasteiger partial charge < -0.3 is 10.1 Å². The number of methoxy groups -OCH3 is 1. The minimum absolute atomic E-state index is 0.00651. The Balaban J connectivity index is 1.88. The zero-order valence-electron chi connectivity index (χ0n) is 14.2. The monoisotopic (exact) mass is 312 g/mol. The molecule has 0 radical (unpaired) electrons. The van der Waals surface area contributed by atoms with Crippen LogP contribution in [0.4, 0.5) is 5.69 Å². The maximum Gasteiger partial charge on any atom is 0.238 e. The van der Waals surface area contributed by atoms with Crippen molar-refractivity contribution >= 4 is 11.6 Å². The van der Waals surface area contributed by atoms with Gasteiger partial charge in [0.2, 0.25) is 5.91 Å². The molecule has 0 aliphatic carbocycles. The van der Waals surface area contributed by atoms with Gasteiger partial charge in [-0.2, -0.15) is 0 Å². The third kappa shape index (κ3) is 5.11. The molecule has 23 heavy (non-hydrogen) atoms. The highest BCUT2D eigenvalue weighted by Crippen LogP contribution is 2.16. The van der Waals surface area contributed by atoms with Crippen molar-refractivity contribution in [2.24, 2.45) is 0 Å². The summed E-state index contributed by atoms with van der Waals surface area (Å²) in [5.74, 6) is 0.831. The van der Waals surface area contributed by atoms with Crippen LogP contribution in [0, 0.1) is 13.8 Å². The minimum atomic E-state index is -0.00651. The quantitative estimate of drug-likeness (QED) is 0.889. The van der Waals surface area contributed by atoms with Gasteiger partial charge in [0.15, 0.2) is 0 Å². The second-order valence-electron chi connectivity index (χ2n) is 5.89. The zero-order valence-corrected chi connectivity index (χ0v) is 14.2. The molecule has 0 heterocycles. The highest BCUT2D eigenvalue weighted by molar-refractivity contribution is 5.92. The minimum Gasteiger partial charge on any atom is -0.497 e. The van der Waals surface area contributed by atoms with Gasteiger partial charge in [-0.05, 0) is 50.2 Å². The van der Waals surface area contributed by atoms with Gasteiger partial charge in [0.05, 0.1) is 13.7 Å². The Morgan fingerprint density at radius 1 is 1.13 bits per heavy atom. The third-order valence-electron chi connectivity index (χ3n) is 3.68.